The minimum Gasteiger partial charge on any atom is -0.480 e. The standard InChI is InChI=1S/C32H28FNO4/c1-4-5-16-34-26-15-14-21(33)17-24(26)32(31(34)36)25(30(35)37-3)18-23-28(32)22-8-6-7-9-27(22)38-29(23)20-12-10-19(2)11-13-20/h6-15,17-18,29H,4-5,16H2,1-3H3. The molecule has 6 rings (SSSR count). The fraction of sp³-hybridized carbons (Fsp3) is 0.250. The van der Waals surface area contributed by atoms with Gasteiger partial charge in [0, 0.05) is 28.9 Å². The smallest absolute Gasteiger partial charge is 0.335 e. The van der Waals surface area contributed by atoms with E-state index in [1.54, 1.807) is 17.0 Å². The lowest BCUT2D eigenvalue weighted by molar-refractivity contribution is -0.138. The van der Waals surface area contributed by atoms with Crippen LogP contribution in [0.2, 0.25) is 0 Å². The summed E-state index contributed by atoms with van der Waals surface area (Å²) >= 11 is 0. The summed E-state index contributed by atoms with van der Waals surface area (Å²) in [6, 6.07) is 19.9. The van der Waals surface area contributed by atoms with Crippen LogP contribution in [0.3, 0.4) is 0 Å². The third-order valence-electron chi connectivity index (χ3n) is 7.79. The average Bonchev–Trinajstić information content (AvgIpc) is 3.41. The molecule has 3 aromatic rings. The van der Waals surface area contributed by atoms with Gasteiger partial charge in [-0.05, 0) is 54.8 Å². The van der Waals surface area contributed by atoms with Crippen LogP contribution in [-0.4, -0.2) is 25.5 Å². The first-order valence-corrected chi connectivity index (χ1v) is 12.9. The van der Waals surface area contributed by atoms with E-state index in [1.807, 2.05) is 55.5 Å². The number of amides is 1. The minimum absolute atomic E-state index is 0.179. The zero-order valence-electron chi connectivity index (χ0n) is 21.6. The first-order valence-electron chi connectivity index (χ1n) is 12.9. The number of para-hydroxylation sites is 1. The van der Waals surface area contributed by atoms with E-state index in [9.17, 15) is 14.0 Å². The third kappa shape index (κ3) is 3.29. The van der Waals surface area contributed by atoms with Crippen LogP contribution in [0.1, 0.15) is 48.1 Å². The fourth-order valence-electron chi connectivity index (χ4n) is 6.04. The molecule has 0 N–H and O–H groups in total. The number of esters is 1. The summed E-state index contributed by atoms with van der Waals surface area (Å²) in [6.07, 6.45) is 2.83. The number of unbranched alkanes of at least 4 members (excludes halogenated alkanes) is 1. The summed E-state index contributed by atoms with van der Waals surface area (Å²) in [4.78, 5) is 29.8. The number of anilines is 1. The highest BCUT2D eigenvalue weighted by Gasteiger charge is 2.62. The quantitative estimate of drug-likeness (QED) is 0.383. The number of ether oxygens (including phenoxy) is 2. The molecule has 2 unspecified atom stereocenters. The molecule has 0 bridgehead atoms. The van der Waals surface area contributed by atoms with Gasteiger partial charge >= 0.3 is 5.97 Å². The topological polar surface area (TPSA) is 55.8 Å². The predicted molar refractivity (Wildman–Crippen MR) is 143 cm³/mol. The average molecular weight is 510 g/mol. The predicted octanol–water partition coefficient (Wildman–Crippen LogP) is 6.22. The van der Waals surface area contributed by atoms with Crippen molar-refractivity contribution in [3.63, 3.8) is 0 Å². The maximum absolute atomic E-state index is 14.9. The molecule has 6 heteroatoms. The van der Waals surface area contributed by atoms with Crippen molar-refractivity contribution in [3.05, 3.63) is 112 Å². The number of carbonyl (C=O) groups excluding carboxylic acids is 2. The zero-order chi connectivity index (χ0) is 26.6. The van der Waals surface area contributed by atoms with Gasteiger partial charge in [-0.25, -0.2) is 9.18 Å². The van der Waals surface area contributed by atoms with Gasteiger partial charge in [-0.2, -0.15) is 0 Å². The van der Waals surface area contributed by atoms with Crippen LogP contribution in [0, 0.1) is 12.7 Å². The van der Waals surface area contributed by atoms with Crippen molar-refractivity contribution in [2.24, 2.45) is 0 Å². The summed E-state index contributed by atoms with van der Waals surface area (Å²) in [5.74, 6) is -0.761. The number of benzene rings is 3. The molecule has 1 aliphatic carbocycles. The molecular formula is C32H28FNO4. The molecule has 2 heterocycles. The van der Waals surface area contributed by atoms with Gasteiger partial charge in [-0.1, -0.05) is 61.4 Å². The number of nitrogens with zero attached hydrogens (tertiary/aromatic N) is 1. The van der Waals surface area contributed by atoms with Crippen LogP contribution in [0.15, 0.2) is 84.0 Å². The Labute approximate surface area is 221 Å². The molecule has 1 spiro atoms. The summed E-state index contributed by atoms with van der Waals surface area (Å²) < 4.78 is 26.7. The summed E-state index contributed by atoms with van der Waals surface area (Å²) in [6.45, 7) is 4.53. The Morgan fingerprint density at radius 3 is 2.61 bits per heavy atom. The van der Waals surface area contributed by atoms with Gasteiger partial charge in [-0.3, -0.25) is 4.79 Å². The minimum atomic E-state index is -1.55. The van der Waals surface area contributed by atoms with Crippen LogP contribution in [0.5, 0.6) is 5.75 Å². The van der Waals surface area contributed by atoms with Crippen molar-refractivity contribution in [1.29, 1.82) is 0 Å². The van der Waals surface area contributed by atoms with Gasteiger partial charge < -0.3 is 14.4 Å². The second-order valence-corrected chi connectivity index (χ2v) is 10.0. The zero-order valence-corrected chi connectivity index (χ0v) is 21.6. The number of methoxy groups -OCH3 is 1. The monoisotopic (exact) mass is 509 g/mol. The first kappa shape index (κ1) is 24.2. The normalized spacial score (nSPS) is 21.2. The van der Waals surface area contributed by atoms with Crippen LogP contribution >= 0.6 is 0 Å². The third-order valence-corrected chi connectivity index (χ3v) is 7.79. The van der Waals surface area contributed by atoms with Gasteiger partial charge in [0.1, 0.15) is 23.1 Å². The van der Waals surface area contributed by atoms with Gasteiger partial charge in [-0.15, -0.1) is 0 Å². The van der Waals surface area contributed by atoms with E-state index in [4.69, 9.17) is 9.47 Å². The molecule has 1 amide bonds. The lowest BCUT2D eigenvalue weighted by atomic mass is 9.68. The van der Waals surface area contributed by atoms with Crippen LogP contribution in [-0.2, 0) is 19.7 Å². The van der Waals surface area contributed by atoms with Crippen LogP contribution in [0.4, 0.5) is 10.1 Å². The molecule has 0 aromatic heterocycles. The van der Waals surface area contributed by atoms with E-state index in [0.29, 0.717) is 40.3 Å². The lowest BCUT2D eigenvalue weighted by Gasteiger charge is -2.35. The van der Waals surface area contributed by atoms with Gasteiger partial charge in [0.15, 0.2) is 0 Å². The number of hydrogen-bond acceptors (Lipinski definition) is 4. The van der Waals surface area contributed by atoms with Crippen molar-refractivity contribution in [2.45, 2.75) is 38.2 Å². The molecule has 2 atom stereocenters. The number of rotatable bonds is 5. The van der Waals surface area contributed by atoms with E-state index < -0.39 is 23.3 Å². The first-order chi connectivity index (χ1) is 18.4. The molecule has 0 fully saturated rings. The SMILES string of the molecule is CCCCN1C(=O)C2(C(C(=O)OC)=CC3=C2c2ccccc2OC3c2ccc(C)cc2)c2cc(F)ccc21. The number of aryl methyl sites for hydroxylation is 1. The molecule has 0 radical (unpaired) electrons. The van der Waals surface area contributed by atoms with Crippen molar-refractivity contribution in [3.8, 4) is 5.75 Å². The molecule has 3 aliphatic rings. The van der Waals surface area contributed by atoms with Crippen molar-refractivity contribution < 1.29 is 23.5 Å². The fourth-order valence-corrected chi connectivity index (χ4v) is 6.04. The maximum atomic E-state index is 14.9. The molecule has 0 saturated carbocycles. The largest absolute Gasteiger partial charge is 0.480 e. The molecule has 2 aliphatic heterocycles. The molecule has 0 saturated heterocycles. The Balaban J connectivity index is 1.69. The summed E-state index contributed by atoms with van der Waals surface area (Å²) in [5.41, 5.74) is 3.77. The van der Waals surface area contributed by atoms with E-state index in [1.165, 1.54) is 19.2 Å². The highest BCUT2D eigenvalue weighted by molar-refractivity contribution is 6.25. The van der Waals surface area contributed by atoms with Crippen molar-refractivity contribution >= 4 is 23.1 Å². The highest BCUT2D eigenvalue weighted by atomic mass is 19.1. The van der Waals surface area contributed by atoms with Crippen molar-refractivity contribution in [1.82, 2.24) is 0 Å². The van der Waals surface area contributed by atoms with E-state index in [0.717, 1.165) is 24.0 Å². The number of fused-ring (bicyclic) bond motifs is 5. The molecule has 3 aromatic carbocycles. The van der Waals surface area contributed by atoms with E-state index in [2.05, 4.69) is 6.92 Å². The Hall–Kier alpha value is -4.19. The summed E-state index contributed by atoms with van der Waals surface area (Å²) in [7, 11) is 1.30. The summed E-state index contributed by atoms with van der Waals surface area (Å²) in [5, 5.41) is 0. The van der Waals surface area contributed by atoms with Gasteiger partial charge in [0.25, 0.3) is 0 Å². The number of halogens is 1. The van der Waals surface area contributed by atoms with Gasteiger partial charge in [0.05, 0.1) is 12.7 Å². The van der Waals surface area contributed by atoms with Crippen LogP contribution in [0.25, 0.3) is 5.57 Å². The molecule has 192 valence electrons. The second kappa shape index (κ2) is 8.98. The Bertz CT molecular complexity index is 1540. The Kier molecular flexibility index (Phi) is 5.71. The molecule has 38 heavy (non-hydrogen) atoms. The lowest BCUT2D eigenvalue weighted by Crippen LogP contribution is -2.44. The Morgan fingerprint density at radius 1 is 1.11 bits per heavy atom. The highest BCUT2D eigenvalue weighted by Crippen LogP contribution is 2.62. The maximum Gasteiger partial charge on any atom is 0.335 e. The van der Waals surface area contributed by atoms with E-state index >= 15 is 0 Å². The molecule has 5 nitrogen and oxygen atoms in total. The van der Waals surface area contributed by atoms with E-state index in [-0.39, 0.29) is 11.5 Å². The number of hydrogen-bond donors (Lipinski definition) is 0. The number of carbonyl (C=O) groups is 2. The second-order valence-electron chi connectivity index (χ2n) is 10.0. The van der Waals surface area contributed by atoms with Gasteiger partial charge in [0.2, 0.25) is 5.91 Å². The van der Waals surface area contributed by atoms with Crippen LogP contribution < -0.4 is 9.64 Å². The van der Waals surface area contributed by atoms with Crippen molar-refractivity contribution in [2.75, 3.05) is 18.6 Å². The Morgan fingerprint density at radius 2 is 1.87 bits per heavy atom. The molecular weight excluding hydrogens is 481 g/mol.